The number of nitrogens with one attached hydrogen (secondary N) is 2. The molecule has 6 heteroatoms. The zero-order chi connectivity index (χ0) is 14.2. The summed E-state index contributed by atoms with van der Waals surface area (Å²) < 4.78 is 5.39. The Hall–Kier alpha value is -2.21. The first-order valence-corrected chi connectivity index (χ1v) is 7.22. The van der Waals surface area contributed by atoms with E-state index >= 15 is 0 Å². The van der Waals surface area contributed by atoms with Crippen LogP contribution in [0.4, 0.5) is 0 Å². The van der Waals surface area contributed by atoms with Crippen molar-refractivity contribution < 1.29 is 9.32 Å². The first-order chi connectivity index (χ1) is 10.3. The van der Waals surface area contributed by atoms with Gasteiger partial charge < -0.3 is 9.84 Å². The molecule has 108 valence electrons. The second kappa shape index (κ2) is 4.96. The Morgan fingerprint density at radius 2 is 2.19 bits per heavy atom. The number of aromatic nitrogens is 2. The monoisotopic (exact) mass is 284 g/mol. The smallest absolute Gasteiger partial charge is 0.245 e. The highest BCUT2D eigenvalue weighted by Crippen LogP contribution is 2.36. The molecule has 0 radical (unpaired) electrons. The fourth-order valence-corrected chi connectivity index (χ4v) is 3.10. The van der Waals surface area contributed by atoms with Gasteiger partial charge in [-0.25, -0.2) is 0 Å². The first-order valence-electron chi connectivity index (χ1n) is 7.22. The van der Waals surface area contributed by atoms with E-state index in [1.54, 1.807) is 0 Å². The van der Waals surface area contributed by atoms with Gasteiger partial charge in [-0.15, -0.1) is 0 Å². The molecule has 2 atom stereocenters. The number of aryl methyl sites for hydroxylation is 1. The summed E-state index contributed by atoms with van der Waals surface area (Å²) in [4.78, 5) is 15.7. The number of carbonyl (C=O) groups excluding carboxylic acids is 1. The molecule has 1 fully saturated rings. The first kappa shape index (κ1) is 12.5. The van der Waals surface area contributed by atoms with Gasteiger partial charge in [-0.2, -0.15) is 4.98 Å². The van der Waals surface area contributed by atoms with Gasteiger partial charge in [0.15, 0.2) is 5.82 Å². The molecule has 21 heavy (non-hydrogen) atoms. The largest absolute Gasteiger partial charge is 0.353 e. The van der Waals surface area contributed by atoms with Gasteiger partial charge in [0.05, 0.1) is 6.54 Å². The van der Waals surface area contributed by atoms with Crippen LogP contribution >= 0.6 is 0 Å². The minimum Gasteiger partial charge on any atom is -0.353 e. The molecule has 1 aliphatic heterocycles. The number of carbonyl (C=O) groups is 1. The lowest BCUT2D eigenvalue weighted by molar-refractivity contribution is -0.121. The molecule has 1 aliphatic carbocycles. The van der Waals surface area contributed by atoms with E-state index in [4.69, 9.17) is 4.52 Å². The number of hydrogen-bond acceptors (Lipinski definition) is 5. The number of rotatable bonds is 2. The molecule has 2 heterocycles. The molecular formula is C15H16N4O2. The quantitative estimate of drug-likeness (QED) is 0.857. The summed E-state index contributed by atoms with van der Waals surface area (Å²) in [6.45, 7) is 0.774. The molecule has 2 N–H and O–H groups in total. The second-order valence-electron chi connectivity index (χ2n) is 5.52. The number of piperazine rings is 1. The van der Waals surface area contributed by atoms with Gasteiger partial charge in [0, 0.05) is 12.5 Å². The average Bonchev–Trinajstić information content (AvgIpc) is 3.14. The van der Waals surface area contributed by atoms with Crippen molar-refractivity contribution in [1.82, 2.24) is 20.8 Å². The van der Waals surface area contributed by atoms with E-state index in [0.717, 1.165) is 18.7 Å². The second-order valence-corrected chi connectivity index (χ2v) is 5.52. The summed E-state index contributed by atoms with van der Waals surface area (Å²) >= 11 is 0. The SMILES string of the molecule is O=C1CNC(c2nc(C3CCc4ccccc43)no2)CN1. The van der Waals surface area contributed by atoms with Crippen LogP contribution in [0.2, 0.25) is 0 Å². The van der Waals surface area contributed by atoms with Crippen LogP contribution in [0.5, 0.6) is 0 Å². The third kappa shape index (κ3) is 2.21. The summed E-state index contributed by atoms with van der Waals surface area (Å²) in [5, 5.41) is 10.0. The summed E-state index contributed by atoms with van der Waals surface area (Å²) in [7, 11) is 0. The molecule has 2 unspecified atom stereocenters. The van der Waals surface area contributed by atoms with E-state index in [9.17, 15) is 4.79 Å². The normalized spacial score (nSPS) is 24.7. The molecule has 1 aromatic carbocycles. The van der Waals surface area contributed by atoms with E-state index in [0.29, 0.717) is 12.4 Å². The Labute approximate surface area is 121 Å². The van der Waals surface area contributed by atoms with Crippen LogP contribution in [-0.4, -0.2) is 29.1 Å². The predicted molar refractivity (Wildman–Crippen MR) is 74.7 cm³/mol. The van der Waals surface area contributed by atoms with Gasteiger partial charge in [0.2, 0.25) is 11.8 Å². The summed E-state index contributed by atoms with van der Waals surface area (Å²) in [5.41, 5.74) is 2.67. The fourth-order valence-electron chi connectivity index (χ4n) is 3.10. The van der Waals surface area contributed by atoms with Crippen molar-refractivity contribution in [2.45, 2.75) is 24.8 Å². The molecule has 1 saturated heterocycles. The third-order valence-electron chi connectivity index (χ3n) is 4.21. The minimum absolute atomic E-state index is 0.00397. The van der Waals surface area contributed by atoms with Crippen molar-refractivity contribution in [2.75, 3.05) is 13.1 Å². The maximum Gasteiger partial charge on any atom is 0.245 e. The van der Waals surface area contributed by atoms with E-state index in [2.05, 4.69) is 45.0 Å². The van der Waals surface area contributed by atoms with Crippen molar-refractivity contribution in [3.63, 3.8) is 0 Å². The van der Waals surface area contributed by atoms with Crippen LogP contribution in [0, 0.1) is 0 Å². The number of fused-ring (bicyclic) bond motifs is 1. The Morgan fingerprint density at radius 1 is 1.29 bits per heavy atom. The van der Waals surface area contributed by atoms with Gasteiger partial charge in [0.1, 0.15) is 6.04 Å². The van der Waals surface area contributed by atoms with Crippen LogP contribution < -0.4 is 10.6 Å². The molecule has 2 aliphatic rings. The Balaban J connectivity index is 1.57. The third-order valence-corrected chi connectivity index (χ3v) is 4.21. The number of nitrogens with zero attached hydrogens (tertiary/aromatic N) is 2. The van der Waals surface area contributed by atoms with Gasteiger partial charge in [-0.05, 0) is 24.0 Å². The van der Waals surface area contributed by atoms with Crippen LogP contribution in [0.3, 0.4) is 0 Å². The highest BCUT2D eigenvalue weighted by molar-refractivity contribution is 5.78. The maximum absolute atomic E-state index is 11.2. The van der Waals surface area contributed by atoms with Crippen molar-refractivity contribution in [2.24, 2.45) is 0 Å². The van der Waals surface area contributed by atoms with Gasteiger partial charge >= 0.3 is 0 Å². The molecule has 1 aromatic heterocycles. The van der Waals surface area contributed by atoms with Gasteiger partial charge in [0.25, 0.3) is 0 Å². The fraction of sp³-hybridized carbons (Fsp3) is 0.400. The van der Waals surface area contributed by atoms with Crippen LogP contribution in [-0.2, 0) is 11.2 Å². The van der Waals surface area contributed by atoms with E-state index in [1.807, 2.05) is 0 Å². The Morgan fingerprint density at radius 3 is 3.05 bits per heavy atom. The molecule has 2 aromatic rings. The summed E-state index contributed by atoms with van der Waals surface area (Å²) in [6.07, 6.45) is 2.08. The van der Waals surface area contributed by atoms with E-state index < -0.39 is 0 Å². The lowest BCUT2D eigenvalue weighted by atomic mass is 10.0. The number of amides is 1. The van der Waals surface area contributed by atoms with Crippen molar-refractivity contribution >= 4 is 5.91 Å². The summed E-state index contributed by atoms with van der Waals surface area (Å²) in [6, 6.07) is 8.32. The Kier molecular flexibility index (Phi) is 2.96. The van der Waals surface area contributed by atoms with Crippen molar-refractivity contribution in [3.05, 3.63) is 47.1 Å². The maximum atomic E-state index is 11.2. The molecule has 1 amide bonds. The molecule has 4 rings (SSSR count). The van der Waals surface area contributed by atoms with Crippen LogP contribution in [0.1, 0.15) is 41.2 Å². The molecular weight excluding hydrogens is 268 g/mol. The van der Waals surface area contributed by atoms with Crippen LogP contribution in [0.15, 0.2) is 28.8 Å². The highest BCUT2D eigenvalue weighted by Gasteiger charge is 2.30. The van der Waals surface area contributed by atoms with Gasteiger partial charge in [-0.3, -0.25) is 10.1 Å². The minimum atomic E-state index is -0.0967. The molecule has 6 nitrogen and oxygen atoms in total. The zero-order valence-corrected chi connectivity index (χ0v) is 11.5. The highest BCUT2D eigenvalue weighted by atomic mass is 16.5. The lowest BCUT2D eigenvalue weighted by Crippen LogP contribution is -2.47. The average molecular weight is 284 g/mol. The standard InChI is InChI=1S/C15H16N4O2/c20-13-8-16-12(7-17-13)15-18-14(19-21-15)11-6-5-9-3-1-2-4-10(9)11/h1-4,11-12,16H,5-8H2,(H,17,20). The predicted octanol–water partition coefficient (Wildman–Crippen LogP) is 0.908. The molecule has 0 saturated carbocycles. The van der Waals surface area contributed by atoms with Crippen LogP contribution in [0.25, 0.3) is 0 Å². The van der Waals surface area contributed by atoms with Gasteiger partial charge in [-0.1, -0.05) is 29.4 Å². The topological polar surface area (TPSA) is 80.1 Å². The number of hydrogen-bond donors (Lipinski definition) is 2. The van der Waals surface area contributed by atoms with E-state index in [-0.39, 0.29) is 24.4 Å². The summed E-state index contributed by atoms with van der Waals surface area (Å²) in [5.74, 6) is 1.51. The lowest BCUT2D eigenvalue weighted by Gasteiger charge is -2.20. The molecule has 0 bridgehead atoms. The van der Waals surface area contributed by atoms with Crippen molar-refractivity contribution in [1.29, 1.82) is 0 Å². The van der Waals surface area contributed by atoms with Crippen molar-refractivity contribution in [3.8, 4) is 0 Å². The number of benzene rings is 1. The molecule has 0 spiro atoms. The Bertz CT molecular complexity index is 672. The zero-order valence-electron chi connectivity index (χ0n) is 11.5. The van der Waals surface area contributed by atoms with E-state index in [1.165, 1.54) is 11.1 Å².